The molecule has 0 aliphatic carbocycles. The van der Waals surface area contributed by atoms with Gasteiger partial charge in [0.05, 0.1) is 12.6 Å². The number of hydrogen-bond donors (Lipinski definition) is 2. The quantitative estimate of drug-likeness (QED) is 0.844. The second-order valence-electron chi connectivity index (χ2n) is 5.75. The normalized spacial score (nSPS) is 21.6. The maximum Gasteiger partial charge on any atom is 0.238 e. The molecule has 0 saturated carbocycles. The summed E-state index contributed by atoms with van der Waals surface area (Å²) in [7, 11) is 1.72. The molecule has 1 heterocycles. The van der Waals surface area contributed by atoms with Crippen molar-refractivity contribution < 1.29 is 9.53 Å². The van der Waals surface area contributed by atoms with E-state index in [-0.39, 0.29) is 30.5 Å². The summed E-state index contributed by atoms with van der Waals surface area (Å²) in [6, 6.07) is 5.66. The van der Waals surface area contributed by atoms with Crippen molar-refractivity contribution in [1.29, 1.82) is 0 Å². The Kier molecular flexibility index (Phi) is 8.29. The minimum Gasteiger partial charge on any atom is -0.381 e. The first kappa shape index (κ1) is 20.2. The predicted molar refractivity (Wildman–Crippen MR) is 96.5 cm³/mol. The zero-order chi connectivity index (χ0) is 16.1. The largest absolute Gasteiger partial charge is 0.381 e. The van der Waals surface area contributed by atoms with Crippen LogP contribution in [0.2, 0.25) is 5.02 Å². The fourth-order valence-corrected chi connectivity index (χ4v) is 3.01. The highest BCUT2D eigenvalue weighted by molar-refractivity contribution is 6.31. The summed E-state index contributed by atoms with van der Waals surface area (Å²) >= 11 is 5.98. The number of anilines is 1. The van der Waals surface area contributed by atoms with Gasteiger partial charge < -0.3 is 15.8 Å². The molecule has 5 nitrogen and oxygen atoms in total. The topological polar surface area (TPSA) is 67.6 Å². The second-order valence-corrected chi connectivity index (χ2v) is 6.19. The molecule has 0 bridgehead atoms. The van der Waals surface area contributed by atoms with Crippen molar-refractivity contribution in [1.82, 2.24) is 4.90 Å². The Labute approximate surface area is 148 Å². The number of halogens is 2. The van der Waals surface area contributed by atoms with Crippen LogP contribution in [0.1, 0.15) is 18.4 Å². The van der Waals surface area contributed by atoms with Crippen molar-refractivity contribution in [2.24, 2.45) is 5.73 Å². The van der Waals surface area contributed by atoms with Gasteiger partial charge in [0.15, 0.2) is 0 Å². The van der Waals surface area contributed by atoms with E-state index in [1.807, 2.05) is 19.1 Å². The van der Waals surface area contributed by atoms with Crippen LogP contribution in [0.4, 0.5) is 5.69 Å². The maximum atomic E-state index is 12.3. The van der Waals surface area contributed by atoms with Gasteiger partial charge in [-0.15, -0.1) is 12.4 Å². The van der Waals surface area contributed by atoms with Crippen LogP contribution in [0.25, 0.3) is 0 Å². The fraction of sp³-hybridized carbons (Fsp3) is 0.562. The number of likely N-dealkylation sites (tertiary alicyclic amines) is 1. The second kappa shape index (κ2) is 9.45. The molecule has 130 valence electrons. The van der Waals surface area contributed by atoms with E-state index in [2.05, 4.69) is 10.2 Å². The lowest BCUT2D eigenvalue weighted by Crippen LogP contribution is -2.51. The predicted octanol–water partition coefficient (Wildman–Crippen LogP) is 2.45. The zero-order valence-corrected chi connectivity index (χ0v) is 15.1. The average molecular weight is 362 g/mol. The molecule has 2 rings (SSSR count). The number of carbonyl (C=O) groups is 1. The first-order valence-electron chi connectivity index (χ1n) is 7.56. The first-order chi connectivity index (χ1) is 10.5. The Morgan fingerprint density at radius 3 is 2.91 bits per heavy atom. The summed E-state index contributed by atoms with van der Waals surface area (Å²) < 4.78 is 5.40. The van der Waals surface area contributed by atoms with Crippen LogP contribution in [-0.4, -0.2) is 49.7 Å². The van der Waals surface area contributed by atoms with Crippen LogP contribution in [0.3, 0.4) is 0 Å². The smallest absolute Gasteiger partial charge is 0.238 e. The van der Waals surface area contributed by atoms with Gasteiger partial charge in [-0.3, -0.25) is 9.69 Å². The number of nitrogens with two attached hydrogens (primary N) is 1. The summed E-state index contributed by atoms with van der Waals surface area (Å²) in [6.07, 6.45) is 2.04. The van der Waals surface area contributed by atoms with E-state index >= 15 is 0 Å². The molecule has 0 radical (unpaired) electrons. The number of nitrogens with one attached hydrogen (secondary N) is 1. The molecular formula is C16H25Cl2N3O2. The Morgan fingerprint density at radius 2 is 2.26 bits per heavy atom. The molecule has 3 N–H and O–H groups in total. The van der Waals surface area contributed by atoms with Crippen molar-refractivity contribution in [2.45, 2.75) is 31.9 Å². The van der Waals surface area contributed by atoms with Gasteiger partial charge in [-0.25, -0.2) is 0 Å². The summed E-state index contributed by atoms with van der Waals surface area (Å²) in [5.41, 5.74) is 7.59. The fourth-order valence-electron chi connectivity index (χ4n) is 2.83. The number of methoxy groups -OCH3 is 1. The third-order valence-electron chi connectivity index (χ3n) is 4.22. The Hall–Kier alpha value is -0.850. The number of carbonyl (C=O) groups excluding carboxylic acids is 1. The van der Waals surface area contributed by atoms with Gasteiger partial charge in [0, 0.05) is 37.0 Å². The van der Waals surface area contributed by atoms with Crippen molar-refractivity contribution in [3.05, 3.63) is 28.8 Å². The molecule has 23 heavy (non-hydrogen) atoms. The van der Waals surface area contributed by atoms with Gasteiger partial charge in [-0.05, 0) is 37.5 Å². The van der Waals surface area contributed by atoms with Crippen molar-refractivity contribution in [2.75, 3.05) is 32.1 Å². The molecule has 1 aromatic carbocycles. The van der Waals surface area contributed by atoms with E-state index < -0.39 is 0 Å². The lowest BCUT2D eigenvalue weighted by atomic mass is 9.99. The number of ether oxygens (including phenoxy) is 1. The zero-order valence-electron chi connectivity index (χ0n) is 13.5. The SMILES string of the molecule is COC1CCN(CC(=O)Nc2cc(Cl)ccc2C)C(CN)C1.Cl. The highest BCUT2D eigenvalue weighted by Crippen LogP contribution is 2.21. The van der Waals surface area contributed by atoms with Gasteiger partial charge in [-0.1, -0.05) is 17.7 Å². The summed E-state index contributed by atoms with van der Waals surface area (Å²) in [5, 5.41) is 3.54. The highest BCUT2D eigenvalue weighted by Gasteiger charge is 2.28. The standard InChI is InChI=1S/C16H24ClN3O2.ClH/c1-11-3-4-12(17)7-15(11)19-16(21)10-20-6-5-14(22-2)8-13(20)9-18;/h3-4,7,13-14H,5-6,8-10,18H2,1-2H3,(H,19,21);1H. The minimum atomic E-state index is -0.0420. The van der Waals surface area contributed by atoms with E-state index in [1.54, 1.807) is 13.2 Å². The van der Waals surface area contributed by atoms with Crippen LogP contribution >= 0.6 is 24.0 Å². The maximum absolute atomic E-state index is 12.3. The molecule has 2 atom stereocenters. The van der Waals surface area contributed by atoms with E-state index in [0.29, 0.717) is 18.1 Å². The molecule has 0 spiro atoms. The van der Waals surface area contributed by atoms with E-state index in [4.69, 9.17) is 22.1 Å². The van der Waals surface area contributed by atoms with Crippen LogP contribution in [0.15, 0.2) is 18.2 Å². The summed E-state index contributed by atoms with van der Waals surface area (Å²) in [6.45, 7) is 3.63. The monoisotopic (exact) mass is 361 g/mol. The molecule has 1 aliphatic heterocycles. The summed E-state index contributed by atoms with van der Waals surface area (Å²) in [5.74, 6) is -0.0420. The number of piperidine rings is 1. The molecule has 1 fully saturated rings. The number of aryl methyl sites for hydroxylation is 1. The molecule has 7 heteroatoms. The van der Waals surface area contributed by atoms with E-state index in [1.165, 1.54) is 0 Å². The third-order valence-corrected chi connectivity index (χ3v) is 4.45. The van der Waals surface area contributed by atoms with Crippen LogP contribution in [0, 0.1) is 6.92 Å². The average Bonchev–Trinajstić information content (AvgIpc) is 2.51. The number of rotatable bonds is 5. The van der Waals surface area contributed by atoms with Gasteiger partial charge in [-0.2, -0.15) is 0 Å². The Balaban J connectivity index is 0.00000264. The van der Waals surface area contributed by atoms with Gasteiger partial charge in [0.25, 0.3) is 0 Å². The molecule has 1 amide bonds. The third kappa shape index (κ3) is 5.62. The van der Waals surface area contributed by atoms with E-state index in [9.17, 15) is 4.79 Å². The number of hydrogen-bond acceptors (Lipinski definition) is 4. The number of amides is 1. The van der Waals surface area contributed by atoms with Crippen LogP contribution in [-0.2, 0) is 9.53 Å². The van der Waals surface area contributed by atoms with Gasteiger partial charge in [0.1, 0.15) is 0 Å². The molecule has 0 aromatic heterocycles. The molecule has 2 unspecified atom stereocenters. The highest BCUT2D eigenvalue weighted by atomic mass is 35.5. The van der Waals surface area contributed by atoms with Gasteiger partial charge in [0.2, 0.25) is 5.91 Å². The Bertz CT molecular complexity index is 528. The lowest BCUT2D eigenvalue weighted by Gasteiger charge is -2.37. The van der Waals surface area contributed by atoms with Crippen molar-refractivity contribution in [3.63, 3.8) is 0 Å². The minimum absolute atomic E-state index is 0. The van der Waals surface area contributed by atoms with Crippen LogP contribution in [0.5, 0.6) is 0 Å². The molecule has 1 aromatic rings. The van der Waals surface area contributed by atoms with E-state index in [0.717, 1.165) is 30.6 Å². The first-order valence-corrected chi connectivity index (χ1v) is 7.94. The number of benzene rings is 1. The van der Waals surface area contributed by atoms with Crippen molar-refractivity contribution in [3.8, 4) is 0 Å². The van der Waals surface area contributed by atoms with Gasteiger partial charge >= 0.3 is 0 Å². The molecular weight excluding hydrogens is 337 g/mol. The molecule has 1 saturated heterocycles. The number of nitrogens with zero attached hydrogens (tertiary/aromatic N) is 1. The molecule has 1 aliphatic rings. The van der Waals surface area contributed by atoms with Crippen molar-refractivity contribution >= 4 is 35.6 Å². The lowest BCUT2D eigenvalue weighted by molar-refractivity contribution is -0.118. The summed E-state index contributed by atoms with van der Waals surface area (Å²) in [4.78, 5) is 14.4. The Morgan fingerprint density at radius 1 is 1.52 bits per heavy atom. The van der Waals surface area contributed by atoms with Crippen LogP contribution < -0.4 is 11.1 Å².